The summed E-state index contributed by atoms with van der Waals surface area (Å²) in [6, 6.07) is 8.21. The standard InChI is InChI=1S/C23H24F3N5O2/c24-23(25,26)20-7-6-17(10-27-20)28-19-3-1-2-14-11-30(9-8-18(14)19)21(32)15-12-31(13-15)22(33)29-16-4-5-16/h1-3,6-7,10,15-16,28H,4-5,8-9,11-13H2,(H,29,33). The topological polar surface area (TPSA) is 77.6 Å². The molecule has 2 fully saturated rings. The van der Waals surface area contributed by atoms with Crippen LogP contribution in [0.5, 0.6) is 0 Å². The molecule has 0 unspecified atom stereocenters. The van der Waals surface area contributed by atoms with E-state index in [1.54, 1.807) is 4.90 Å². The number of amides is 3. The van der Waals surface area contributed by atoms with E-state index < -0.39 is 11.9 Å². The van der Waals surface area contributed by atoms with E-state index in [4.69, 9.17) is 0 Å². The Morgan fingerprint density at radius 2 is 1.85 bits per heavy atom. The van der Waals surface area contributed by atoms with Gasteiger partial charge in [-0.25, -0.2) is 9.78 Å². The predicted octanol–water partition coefficient (Wildman–Crippen LogP) is 3.53. The van der Waals surface area contributed by atoms with E-state index >= 15 is 0 Å². The van der Waals surface area contributed by atoms with Crippen LogP contribution in [0.15, 0.2) is 36.5 Å². The minimum atomic E-state index is -4.47. The quantitative estimate of drug-likeness (QED) is 0.734. The Labute approximate surface area is 189 Å². The average Bonchev–Trinajstić information content (AvgIpc) is 3.56. The number of likely N-dealkylation sites (tertiary alicyclic amines) is 1. The van der Waals surface area contributed by atoms with Crippen LogP contribution in [0.1, 0.15) is 29.7 Å². The number of alkyl halides is 3. The molecule has 1 saturated carbocycles. The van der Waals surface area contributed by atoms with E-state index in [9.17, 15) is 22.8 Å². The van der Waals surface area contributed by atoms with Gasteiger partial charge in [0.1, 0.15) is 5.69 Å². The summed E-state index contributed by atoms with van der Waals surface area (Å²) >= 11 is 0. The fraction of sp³-hybridized carbons (Fsp3) is 0.435. The first-order valence-corrected chi connectivity index (χ1v) is 11.0. The van der Waals surface area contributed by atoms with Gasteiger partial charge in [-0.3, -0.25) is 4.79 Å². The van der Waals surface area contributed by atoms with Gasteiger partial charge in [0.15, 0.2) is 0 Å². The summed E-state index contributed by atoms with van der Waals surface area (Å²) < 4.78 is 38.2. The molecule has 2 N–H and O–H groups in total. The van der Waals surface area contributed by atoms with Gasteiger partial charge in [-0.2, -0.15) is 13.2 Å². The van der Waals surface area contributed by atoms with Gasteiger partial charge in [-0.15, -0.1) is 0 Å². The monoisotopic (exact) mass is 459 g/mol. The van der Waals surface area contributed by atoms with E-state index in [0.717, 1.165) is 35.7 Å². The number of rotatable bonds is 4. The highest BCUT2D eigenvalue weighted by atomic mass is 19.4. The van der Waals surface area contributed by atoms with E-state index in [1.807, 2.05) is 23.1 Å². The maximum Gasteiger partial charge on any atom is 0.433 e. The van der Waals surface area contributed by atoms with Gasteiger partial charge in [-0.05, 0) is 48.6 Å². The van der Waals surface area contributed by atoms with Crippen LogP contribution < -0.4 is 10.6 Å². The van der Waals surface area contributed by atoms with Gasteiger partial charge in [0.05, 0.1) is 17.8 Å². The Morgan fingerprint density at radius 1 is 1.06 bits per heavy atom. The Kier molecular flexibility index (Phi) is 5.38. The first-order chi connectivity index (χ1) is 15.8. The van der Waals surface area contributed by atoms with Crippen molar-refractivity contribution in [3.05, 3.63) is 53.3 Å². The number of nitrogens with one attached hydrogen (secondary N) is 2. The molecule has 33 heavy (non-hydrogen) atoms. The highest BCUT2D eigenvalue weighted by Crippen LogP contribution is 2.32. The molecule has 0 bridgehead atoms. The van der Waals surface area contributed by atoms with E-state index in [0.29, 0.717) is 44.3 Å². The van der Waals surface area contributed by atoms with Gasteiger partial charge in [0.25, 0.3) is 0 Å². The second kappa shape index (κ2) is 8.24. The maximum atomic E-state index is 12.9. The zero-order valence-corrected chi connectivity index (χ0v) is 17.9. The molecule has 1 aliphatic carbocycles. The van der Waals surface area contributed by atoms with Crippen LogP contribution in [0.3, 0.4) is 0 Å². The zero-order chi connectivity index (χ0) is 23.2. The number of pyridine rings is 1. The molecular weight excluding hydrogens is 435 g/mol. The van der Waals surface area contributed by atoms with Crippen molar-refractivity contribution in [2.45, 2.75) is 38.0 Å². The highest BCUT2D eigenvalue weighted by molar-refractivity contribution is 5.84. The number of benzene rings is 1. The molecular formula is C23H24F3N5O2. The number of anilines is 2. The fourth-order valence-corrected chi connectivity index (χ4v) is 4.26. The summed E-state index contributed by atoms with van der Waals surface area (Å²) in [4.78, 5) is 32.0. The first kappa shape index (κ1) is 21.5. The molecule has 1 aromatic carbocycles. The second-order valence-electron chi connectivity index (χ2n) is 8.83. The number of halogens is 3. The number of aromatic nitrogens is 1. The zero-order valence-electron chi connectivity index (χ0n) is 17.9. The van der Waals surface area contributed by atoms with E-state index in [1.165, 1.54) is 12.3 Å². The van der Waals surface area contributed by atoms with Gasteiger partial charge in [0.2, 0.25) is 5.91 Å². The van der Waals surface area contributed by atoms with Crippen molar-refractivity contribution in [3.8, 4) is 0 Å². The number of carbonyl (C=O) groups is 2. The van der Waals surface area contributed by atoms with Crippen LogP contribution in [0.2, 0.25) is 0 Å². The van der Waals surface area contributed by atoms with Crippen LogP contribution >= 0.6 is 0 Å². The Morgan fingerprint density at radius 3 is 2.52 bits per heavy atom. The Balaban J connectivity index is 1.20. The number of nitrogens with zero attached hydrogens (tertiary/aromatic N) is 3. The summed E-state index contributed by atoms with van der Waals surface area (Å²) in [7, 11) is 0. The van der Waals surface area contributed by atoms with E-state index in [-0.39, 0.29) is 17.9 Å². The van der Waals surface area contributed by atoms with Gasteiger partial charge >= 0.3 is 12.2 Å². The minimum absolute atomic E-state index is 0.0569. The number of carbonyl (C=O) groups excluding carboxylic acids is 2. The van der Waals surface area contributed by atoms with Crippen LogP contribution in [0.4, 0.5) is 29.3 Å². The smallest absolute Gasteiger partial charge is 0.354 e. The second-order valence-corrected chi connectivity index (χ2v) is 8.83. The van der Waals surface area contributed by atoms with Crippen LogP contribution in [0.25, 0.3) is 0 Å². The van der Waals surface area contributed by atoms with Crippen molar-refractivity contribution in [1.82, 2.24) is 20.1 Å². The first-order valence-electron chi connectivity index (χ1n) is 11.0. The number of urea groups is 1. The molecule has 3 heterocycles. The SMILES string of the molecule is O=C(NC1CC1)N1CC(C(=O)N2CCc3c(cccc3Nc3ccc(C(F)(F)F)nc3)C2)C1. The summed E-state index contributed by atoms with van der Waals surface area (Å²) in [5, 5.41) is 6.09. The Bertz CT molecular complexity index is 1060. The fourth-order valence-electron chi connectivity index (χ4n) is 4.26. The summed E-state index contributed by atoms with van der Waals surface area (Å²) in [5.74, 6) is -0.113. The molecule has 2 aliphatic heterocycles. The normalized spacial score (nSPS) is 18.4. The largest absolute Gasteiger partial charge is 0.433 e. The van der Waals surface area contributed by atoms with Crippen molar-refractivity contribution in [3.63, 3.8) is 0 Å². The van der Waals surface area contributed by atoms with Crippen LogP contribution in [0, 0.1) is 5.92 Å². The third-order valence-corrected chi connectivity index (χ3v) is 6.33. The molecule has 3 aliphatic rings. The van der Waals surface area contributed by atoms with Crippen molar-refractivity contribution < 1.29 is 22.8 Å². The molecule has 174 valence electrons. The van der Waals surface area contributed by atoms with Gasteiger partial charge in [-0.1, -0.05) is 12.1 Å². The Hall–Kier alpha value is -3.30. The summed E-state index contributed by atoms with van der Waals surface area (Å²) in [6.45, 7) is 1.92. The van der Waals surface area contributed by atoms with Gasteiger partial charge in [0, 0.05) is 37.9 Å². The maximum absolute atomic E-state index is 12.9. The molecule has 10 heteroatoms. The summed E-state index contributed by atoms with van der Waals surface area (Å²) in [6.07, 6.45) is -0.610. The number of hydrogen-bond acceptors (Lipinski definition) is 4. The number of fused-ring (bicyclic) bond motifs is 1. The summed E-state index contributed by atoms with van der Waals surface area (Å²) in [5.41, 5.74) is 2.38. The lowest BCUT2D eigenvalue weighted by Gasteiger charge is -2.41. The third kappa shape index (κ3) is 4.60. The minimum Gasteiger partial charge on any atom is -0.354 e. The highest BCUT2D eigenvalue weighted by Gasteiger charge is 2.40. The molecule has 1 aromatic heterocycles. The molecule has 5 rings (SSSR count). The van der Waals surface area contributed by atoms with Crippen molar-refractivity contribution in [2.75, 3.05) is 25.0 Å². The van der Waals surface area contributed by atoms with Crippen molar-refractivity contribution >= 4 is 23.3 Å². The molecule has 0 spiro atoms. The molecule has 3 amide bonds. The average molecular weight is 459 g/mol. The van der Waals surface area contributed by atoms with Crippen molar-refractivity contribution in [1.29, 1.82) is 0 Å². The van der Waals surface area contributed by atoms with E-state index in [2.05, 4.69) is 15.6 Å². The third-order valence-electron chi connectivity index (χ3n) is 6.33. The lowest BCUT2D eigenvalue weighted by Crippen LogP contribution is -2.59. The molecule has 7 nitrogen and oxygen atoms in total. The van der Waals surface area contributed by atoms with Crippen molar-refractivity contribution in [2.24, 2.45) is 5.92 Å². The predicted molar refractivity (Wildman–Crippen MR) is 115 cm³/mol. The molecule has 0 atom stereocenters. The van der Waals surface area contributed by atoms with Crippen LogP contribution in [-0.2, 0) is 23.9 Å². The molecule has 1 saturated heterocycles. The molecule has 2 aromatic rings. The lowest BCUT2D eigenvalue weighted by molar-refractivity contribution is -0.141. The molecule has 0 radical (unpaired) electrons. The lowest BCUT2D eigenvalue weighted by atomic mass is 9.94. The van der Waals surface area contributed by atoms with Gasteiger partial charge < -0.3 is 20.4 Å². The van der Waals surface area contributed by atoms with Crippen LogP contribution in [-0.4, -0.2) is 52.4 Å². The number of hydrogen-bond donors (Lipinski definition) is 2.